The van der Waals surface area contributed by atoms with Crippen LogP contribution in [0, 0.1) is 18.8 Å². The van der Waals surface area contributed by atoms with E-state index in [2.05, 4.69) is 15.3 Å². The molecule has 0 saturated heterocycles. The lowest BCUT2D eigenvalue weighted by atomic mass is 10.2. The number of pyridine rings is 1. The first kappa shape index (κ1) is 16.3. The van der Waals surface area contributed by atoms with E-state index in [0.717, 1.165) is 15.8 Å². The molecule has 3 rings (SSSR count). The molecule has 0 unspecified atom stereocenters. The van der Waals surface area contributed by atoms with Crippen molar-refractivity contribution < 1.29 is 8.95 Å². The molecule has 0 N–H and O–H groups in total. The Morgan fingerprint density at radius 2 is 2.08 bits per heavy atom. The highest BCUT2D eigenvalue weighted by Crippen LogP contribution is 2.24. The van der Waals surface area contributed by atoms with E-state index in [1.807, 2.05) is 19.9 Å². The number of aromatic nitrogens is 3. The Morgan fingerprint density at radius 1 is 1.29 bits per heavy atom. The van der Waals surface area contributed by atoms with Crippen LogP contribution in [0.1, 0.15) is 16.8 Å². The van der Waals surface area contributed by atoms with Crippen molar-refractivity contribution in [3.05, 3.63) is 52.2 Å². The smallest absolute Gasteiger partial charge is 0.223 e. The van der Waals surface area contributed by atoms with Crippen LogP contribution in [0.25, 0.3) is 11.0 Å². The molecule has 0 aliphatic rings. The van der Waals surface area contributed by atoms with Crippen molar-refractivity contribution in [2.24, 2.45) is 5.29 Å². The standard InChI is InChI=1S/C16H16N4O3S/c1-10-6-11(2)14(17-8-10)9-24(22)16-18-13-7-12(23-3)4-5-15(13)20(16)19-21/h4-8H,9H2,1-3H3/t24-/m0/s1. The van der Waals surface area contributed by atoms with Gasteiger partial charge in [0.05, 0.1) is 45.7 Å². The van der Waals surface area contributed by atoms with E-state index >= 15 is 0 Å². The molecule has 0 radical (unpaired) electrons. The Labute approximate surface area is 141 Å². The van der Waals surface area contributed by atoms with Crippen LogP contribution in [0.3, 0.4) is 0 Å². The summed E-state index contributed by atoms with van der Waals surface area (Å²) >= 11 is 0. The molecular formula is C16H16N4O3S. The van der Waals surface area contributed by atoms with Gasteiger partial charge in [0.25, 0.3) is 0 Å². The molecule has 124 valence electrons. The number of nitrogens with zero attached hydrogens (tertiary/aromatic N) is 4. The molecule has 0 fully saturated rings. The van der Waals surface area contributed by atoms with Crippen LogP contribution in [0.4, 0.5) is 0 Å². The quantitative estimate of drug-likeness (QED) is 0.664. The summed E-state index contributed by atoms with van der Waals surface area (Å²) in [5, 5.41) is 3.07. The predicted octanol–water partition coefficient (Wildman–Crippen LogP) is 2.89. The van der Waals surface area contributed by atoms with Crippen molar-refractivity contribution in [2.45, 2.75) is 24.8 Å². The number of hydrogen-bond donors (Lipinski definition) is 0. The van der Waals surface area contributed by atoms with Gasteiger partial charge in [0.2, 0.25) is 5.16 Å². The van der Waals surface area contributed by atoms with E-state index in [9.17, 15) is 9.12 Å². The van der Waals surface area contributed by atoms with Gasteiger partial charge in [0, 0.05) is 12.3 Å². The Bertz CT molecular complexity index is 952. The second-order valence-corrected chi connectivity index (χ2v) is 6.75. The summed E-state index contributed by atoms with van der Waals surface area (Å²) in [6, 6.07) is 7.02. The van der Waals surface area contributed by atoms with Crippen molar-refractivity contribution in [2.75, 3.05) is 7.11 Å². The lowest BCUT2D eigenvalue weighted by Crippen LogP contribution is -2.06. The number of imidazole rings is 1. The number of methoxy groups -OCH3 is 1. The number of hydrogen-bond acceptors (Lipinski definition) is 6. The third kappa shape index (κ3) is 2.92. The summed E-state index contributed by atoms with van der Waals surface area (Å²) in [6.07, 6.45) is 1.73. The van der Waals surface area contributed by atoms with Crippen LogP contribution in [-0.2, 0) is 16.6 Å². The van der Waals surface area contributed by atoms with Crippen molar-refractivity contribution in [1.82, 2.24) is 14.6 Å². The van der Waals surface area contributed by atoms with Gasteiger partial charge in [-0.3, -0.25) is 9.19 Å². The number of nitroso groups, excluding NO2 is 1. The van der Waals surface area contributed by atoms with Gasteiger partial charge in [0.1, 0.15) is 5.75 Å². The fourth-order valence-electron chi connectivity index (χ4n) is 2.46. The number of rotatable bonds is 5. The summed E-state index contributed by atoms with van der Waals surface area (Å²) < 4.78 is 18.9. The van der Waals surface area contributed by atoms with E-state index < -0.39 is 10.8 Å². The van der Waals surface area contributed by atoms with Crippen LogP contribution in [0.15, 0.2) is 40.9 Å². The zero-order valence-corrected chi connectivity index (χ0v) is 14.3. The van der Waals surface area contributed by atoms with E-state index in [0.29, 0.717) is 22.5 Å². The average molecular weight is 344 g/mol. The van der Waals surface area contributed by atoms with E-state index in [1.54, 1.807) is 31.5 Å². The fourth-order valence-corrected chi connectivity index (χ4v) is 3.67. The molecule has 1 aromatic carbocycles. The molecule has 3 aromatic rings. The maximum absolute atomic E-state index is 12.7. The minimum absolute atomic E-state index is 0.107. The normalized spacial score (nSPS) is 12.3. The number of ether oxygens (including phenoxy) is 1. The Balaban J connectivity index is 2.01. The van der Waals surface area contributed by atoms with Crippen LogP contribution in [-0.4, -0.2) is 26.0 Å². The molecule has 0 aliphatic heterocycles. The van der Waals surface area contributed by atoms with Gasteiger partial charge in [-0.05, 0) is 37.1 Å². The second kappa shape index (κ2) is 6.48. The molecule has 2 aromatic heterocycles. The van der Waals surface area contributed by atoms with Crippen LogP contribution in [0.5, 0.6) is 5.75 Å². The summed E-state index contributed by atoms with van der Waals surface area (Å²) in [7, 11) is -0.00645. The molecule has 7 nitrogen and oxygen atoms in total. The summed E-state index contributed by atoms with van der Waals surface area (Å²) in [5.41, 5.74) is 3.69. The van der Waals surface area contributed by atoms with Crippen molar-refractivity contribution in [1.29, 1.82) is 0 Å². The zero-order valence-electron chi connectivity index (χ0n) is 13.5. The first-order valence-corrected chi connectivity index (χ1v) is 8.56. The Hall–Kier alpha value is -2.61. The SMILES string of the molecule is COc1ccc2c(c1)nc([S@@](=O)Cc1ncc(C)cc1C)n2N=O. The van der Waals surface area contributed by atoms with Gasteiger partial charge in [-0.2, -0.15) is 4.68 Å². The molecule has 0 amide bonds. The summed E-state index contributed by atoms with van der Waals surface area (Å²) in [6.45, 7) is 3.86. The summed E-state index contributed by atoms with van der Waals surface area (Å²) in [4.78, 5) is 19.8. The minimum atomic E-state index is -1.55. The fraction of sp³-hybridized carbons (Fsp3) is 0.250. The molecule has 1 atom stereocenters. The minimum Gasteiger partial charge on any atom is -0.497 e. The van der Waals surface area contributed by atoms with Gasteiger partial charge in [-0.15, -0.1) is 4.91 Å². The third-order valence-electron chi connectivity index (χ3n) is 3.68. The zero-order chi connectivity index (χ0) is 17.3. The van der Waals surface area contributed by atoms with Crippen molar-refractivity contribution in [3.63, 3.8) is 0 Å². The highest BCUT2D eigenvalue weighted by molar-refractivity contribution is 7.84. The molecule has 0 aliphatic carbocycles. The highest BCUT2D eigenvalue weighted by atomic mass is 32.2. The number of fused-ring (bicyclic) bond motifs is 1. The molecule has 0 spiro atoms. The monoisotopic (exact) mass is 344 g/mol. The lowest BCUT2D eigenvalue weighted by molar-refractivity contribution is 0.415. The highest BCUT2D eigenvalue weighted by Gasteiger charge is 2.19. The second-order valence-electron chi connectivity index (χ2n) is 5.41. The first-order valence-electron chi connectivity index (χ1n) is 7.24. The van der Waals surface area contributed by atoms with E-state index in [1.165, 1.54) is 0 Å². The average Bonchev–Trinajstić information content (AvgIpc) is 2.94. The molecule has 24 heavy (non-hydrogen) atoms. The maximum atomic E-state index is 12.7. The van der Waals surface area contributed by atoms with Crippen LogP contribution >= 0.6 is 0 Å². The van der Waals surface area contributed by atoms with Crippen LogP contribution in [0.2, 0.25) is 0 Å². The maximum Gasteiger partial charge on any atom is 0.223 e. The van der Waals surface area contributed by atoms with Gasteiger partial charge in [-0.25, -0.2) is 4.98 Å². The van der Waals surface area contributed by atoms with Crippen LogP contribution < -0.4 is 4.74 Å². The van der Waals surface area contributed by atoms with Gasteiger partial charge < -0.3 is 4.74 Å². The van der Waals surface area contributed by atoms with E-state index in [4.69, 9.17) is 4.74 Å². The molecular weight excluding hydrogens is 328 g/mol. The number of benzene rings is 1. The Kier molecular flexibility index (Phi) is 4.39. The lowest BCUT2D eigenvalue weighted by Gasteiger charge is -2.05. The van der Waals surface area contributed by atoms with E-state index in [-0.39, 0.29) is 10.9 Å². The van der Waals surface area contributed by atoms with Gasteiger partial charge in [-0.1, -0.05) is 6.07 Å². The van der Waals surface area contributed by atoms with Crippen molar-refractivity contribution >= 4 is 21.8 Å². The first-order chi connectivity index (χ1) is 11.5. The topological polar surface area (TPSA) is 86.4 Å². The van der Waals surface area contributed by atoms with Gasteiger partial charge in [0.15, 0.2) is 0 Å². The third-order valence-corrected chi connectivity index (χ3v) is 4.89. The molecule has 2 heterocycles. The summed E-state index contributed by atoms with van der Waals surface area (Å²) in [5.74, 6) is 0.772. The largest absolute Gasteiger partial charge is 0.497 e. The molecule has 0 saturated carbocycles. The molecule has 0 bridgehead atoms. The molecule has 8 heteroatoms. The van der Waals surface area contributed by atoms with Gasteiger partial charge >= 0.3 is 0 Å². The van der Waals surface area contributed by atoms with Crippen molar-refractivity contribution in [3.8, 4) is 5.75 Å². The number of aryl methyl sites for hydroxylation is 2. The predicted molar refractivity (Wildman–Crippen MR) is 91.3 cm³/mol. The Morgan fingerprint density at radius 3 is 2.75 bits per heavy atom.